The fourth-order valence-electron chi connectivity index (χ4n) is 4.78. The Labute approximate surface area is 260 Å². The first kappa shape index (κ1) is 33.5. The van der Waals surface area contributed by atoms with Gasteiger partial charge in [0.25, 0.3) is 5.91 Å². The van der Waals surface area contributed by atoms with Gasteiger partial charge in [-0.05, 0) is 82.2 Å². The van der Waals surface area contributed by atoms with Crippen molar-refractivity contribution in [3.63, 3.8) is 0 Å². The molecular formula is C32H39F3N6O4. The number of likely N-dealkylation sites (tertiary alicyclic amines) is 1. The Morgan fingerprint density at radius 2 is 1.82 bits per heavy atom. The number of carbonyl (C=O) groups is 2. The van der Waals surface area contributed by atoms with E-state index in [2.05, 4.69) is 25.5 Å². The van der Waals surface area contributed by atoms with Crippen LogP contribution in [0.2, 0.25) is 0 Å². The van der Waals surface area contributed by atoms with Crippen LogP contribution in [0.25, 0.3) is 0 Å². The molecule has 0 saturated carbocycles. The summed E-state index contributed by atoms with van der Waals surface area (Å²) in [7, 11) is 5.20. The molecule has 0 radical (unpaired) electrons. The quantitative estimate of drug-likeness (QED) is 0.280. The third-order valence-corrected chi connectivity index (χ3v) is 7.96. The van der Waals surface area contributed by atoms with Crippen LogP contribution >= 0.6 is 0 Å². The molecule has 1 aromatic heterocycles. The highest BCUT2D eigenvalue weighted by Gasteiger charge is 2.36. The number of nitrogens with one attached hydrogen (secondary N) is 2. The summed E-state index contributed by atoms with van der Waals surface area (Å²) < 4.78 is 52.5. The maximum Gasteiger partial charge on any atom is 0.423 e. The van der Waals surface area contributed by atoms with E-state index >= 15 is 0 Å². The second-order valence-corrected chi connectivity index (χ2v) is 11.2. The predicted molar refractivity (Wildman–Crippen MR) is 164 cm³/mol. The van der Waals surface area contributed by atoms with Crippen molar-refractivity contribution in [2.75, 3.05) is 39.6 Å². The van der Waals surface area contributed by atoms with Crippen molar-refractivity contribution in [3.05, 3.63) is 65.4 Å². The Balaban J connectivity index is 1.49. The van der Waals surface area contributed by atoms with E-state index in [1.54, 1.807) is 42.3 Å². The normalized spacial score (nSPS) is 14.8. The highest BCUT2D eigenvalue weighted by molar-refractivity contribution is 5.95. The standard InChI is InChI=1S/C32H39F3N6O4/c1-6-20(2)41(4)28(42)17-21-7-10-24(11-8-21)45-30-25(32(33,34)35)19-36-31(39-30)38-26-12-9-22(18-27(26)44-5)29(43)37-23-13-15-40(3)16-14-23/h7-12,18-20,23H,6,13-17H2,1-5H3,(H,37,43)(H,36,38,39). The fraction of sp³-hybridized carbons (Fsp3) is 0.438. The molecule has 10 nitrogen and oxygen atoms in total. The van der Waals surface area contributed by atoms with Crippen molar-refractivity contribution in [2.24, 2.45) is 0 Å². The smallest absolute Gasteiger partial charge is 0.423 e. The minimum atomic E-state index is -4.78. The molecule has 1 saturated heterocycles. The van der Waals surface area contributed by atoms with Crippen LogP contribution < -0.4 is 20.1 Å². The monoisotopic (exact) mass is 628 g/mol. The molecule has 1 aliphatic heterocycles. The van der Waals surface area contributed by atoms with Gasteiger partial charge < -0.3 is 29.9 Å². The summed E-state index contributed by atoms with van der Waals surface area (Å²) in [5.74, 6) is -0.794. The Morgan fingerprint density at radius 1 is 1.13 bits per heavy atom. The van der Waals surface area contributed by atoms with E-state index in [4.69, 9.17) is 9.47 Å². The summed E-state index contributed by atoms with van der Waals surface area (Å²) >= 11 is 0. The van der Waals surface area contributed by atoms with Crippen LogP contribution in [0.5, 0.6) is 17.4 Å². The minimum Gasteiger partial charge on any atom is -0.495 e. The van der Waals surface area contributed by atoms with Crippen LogP contribution in [-0.4, -0.2) is 78.0 Å². The summed E-state index contributed by atoms with van der Waals surface area (Å²) in [5, 5.41) is 5.91. The number of hydrogen-bond acceptors (Lipinski definition) is 8. The number of rotatable bonds is 11. The molecule has 1 fully saturated rings. The number of hydrogen-bond donors (Lipinski definition) is 2. The number of aromatic nitrogens is 2. The first-order valence-corrected chi connectivity index (χ1v) is 14.8. The molecule has 1 unspecified atom stereocenters. The summed E-state index contributed by atoms with van der Waals surface area (Å²) in [4.78, 5) is 37.1. The first-order valence-electron chi connectivity index (χ1n) is 14.8. The molecule has 1 aliphatic rings. The number of halogens is 3. The van der Waals surface area contributed by atoms with Gasteiger partial charge in [0.05, 0.1) is 19.2 Å². The number of piperidine rings is 1. The second-order valence-electron chi connectivity index (χ2n) is 11.2. The van der Waals surface area contributed by atoms with E-state index in [1.165, 1.54) is 19.2 Å². The molecular weight excluding hydrogens is 589 g/mol. The van der Waals surface area contributed by atoms with E-state index in [1.807, 2.05) is 20.9 Å². The Bertz CT molecular complexity index is 1480. The van der Waals surface area contributed by atoms with Crippen molar-refractivity contribution in [3.8, 4) is 17.4 Å². The number of anilines is 2. The minimum absolute atomic E-state index is 0.0646. The number of carbonyl (C=O) groups excluding carboxylic acids is 2. The Morgan fingerprint density at radius 3 is 2.44 bits per heavy atom. The van der Waals surface area contributed by atoms with Gasteiger partial charge in [-0.15, -0.1) is 0 Å². The van der Waals surface area contributed by atoms with Gasteiger partial charge in [-0.3, -0.25) is 9.59 Å². The van der Waals surface area contributed by atoms with Gasteiger partial charge in [0, 0.05) is 30.9 Å². The van der Waals surface area contributed by atoms with Crippen LogP contribution in [0.4, 0.5) is 24.8 Å². The van der Waals surface area contributed by atoms with Crippen molar-refractivity contribution in [1.29, 1.82) is 0 Å². The SMILES string of the molecule is CCC(C)N(C)C(=O)Cc1ccc(Oc2nc(Nc3ccc(C(=O)NC4CCN(C)CC4)cc3OC)ncc2C(F)(F)F)cc1. The lowest BCUT2D eigenvalue weighted by Crippen LogP contribution is -2.43. The molecule has 1 atom stereocenters. The van der Waals surface area contributed by atoms with Crippen LogP contribution in [0.15, 0.2) is 48.7 Å². The molecule has 45 heavy (non-hydrogen) atoms. The topological polar surface area (TPSA) is 109 Å². The predicted octanol–water partition coefficient (Wildman–Crippen LogP) is 5.66. The van der Waals surface area contributed by atoms with Gasteiger partial charge in [0.1, 0.15) is 17.1 Å². The summed E-state index contributed by atoms with van der Waals surface area (Å²) in [5.41, 5.74) is 0.260. The number of alkyl halides is 3. The fourth-order valence-corrected chi connectivity index (χ4v) is 4.78. The highest BCUT2D eigenvalue weighted by atomic mass is 19.4. The Hall–Kier alpha value is -4.39. The molecule has 0 spiro atoms. The first-order chi connectivity index (χ1) is 21.4. The summed E-state index contributed by atoms with van der Waals surface area (Å²) in [6.45, 7) is 5.76. The van der Waals surface area contributed by atoms with Gasteiger partial charge in [-0.1, -0.05) is 19.1 Å². The van der Waals surface area contributed by atoms with E-state index in [0.29, 0.717) is 23.0 Å². The highest BCUT2D eigenvalue weighted by Crippen LogP contribution is 2.38. The number of nitrogens with zero attached hydrogens (tertiary/aromatic N) is 4. The van der Waals surface area contributed by atoms with E-state index in [0.717, 1.165) is 32.4 Å². The zero-order valence-corrected chi connectivity index (χ0v) is 26.1. The number of benzene rings is 2. The molecule has 4 rings (SSSR count). The zero-order chi connectivity index (χ0) is 32.7. The molecule has 13 heteroatoms. The second kappa shape index (κ2) is 14.6. The molecule has 3 aromatic rings. The maximum atomic E-state index is 13.8. The molecule has 2 N–H and O–H groups in total. The average molecular weight is 629 g/mol. The van der Waals surface area contributed by atoms with Crippen LogP contribution in [0.1, 0.15) is 54.6 Å². The lowest BCUT2D eigenvalue weighted by atomic mass is 10.0. The van der Waals surface area contributed by atoms with E-state index in [-0.39, 0.29) is 47.8 Å². The molecule has 2 amide bonds. The van der Waals surface area contributed by atoms with E-state index < -0.39 is 17.6 Å². The van der Waals surface area contributed by atoms with Crippen molar-refractivity contribution < 1.29 is 32.2 Å². The average Bonchev–Trinajstić information content (AvgIpc) is 3.02. The lowest BCUT2D eigenvalue weighted by molar-refractivity contribution is -0.139. The van der Waals surface area contributed by atoms with Gasteiger partial charge in [0.15, 0.2) is 0 Å². The van der Waals surface area contributed by atoms with Crippen molar-refractivity contribution >= 4 is 23.5 Å². The van der Waals surface area contributed by atoms with Crippen LogP contribution in [0, 0.1) is 0 Å². The third-order valence-electron chi connectivity index (χ3n) is 7.96. The number of amides is 2. The third kappa shape index (κ3) is 8.84. The van der Waals surface area contributed by atoms with Gasteiger partial charge in [-0.2, -0.15) is 18.2 Å². The summed E-state index contributed by atoms with van der Waals surface area (Å²) in [6.07, 6.45) is -1.46. The number of likely N-dealkylation sites (N-methyl/N-ethyl adjacent to an activating group) is 1. The lowest BCUT2D eigenvalue weighted by Gasteiger charge is -2.29. The van der Waals surface area contributed by atoms with Gasteiger partial charge >= 0.3 is 6.18 Å². The largest absolute Gasteiger partial charge is 0.495 e. The van der Waals surface area contributed by atoms with Crippen molar-refractivity contribution in [1.82, 2.24) is 25.1 Å². The number of methoxy groups -OCH3 is 1. The maximum absolute atomic E-state index is 13.8. The number of ether oxygens (including phenoxy) is 2. The molecule has 2 heterocycles. The van der Waals surface area contributed by atoms with Crippen LogP contribution in [0.3, 0.4) is 0 Å². The summed E-state index contributed by atoms with van der Waals surface area (Å²) in [6, 6.07) is 11.1. The molecule has 0 bridgehead atoms. The zero-order valence-electron chi connectivity index (χ0n) is 26.1. The van der Waals surface area contributed by atoms with Gasteiger partial charge in [-0.25, -0.2) is 4.98 Å². The molecule has 242 valence electrons. The molecule has 2 aromatic carbocycles. The molecule has 0 aliphatic carbocycles. The van der Waals surface area contributed by atoms with Crippen LogP contribution in [-0.2, 0) is 17.4 Å². The van der Waals surface area contributed by atoms with Gasteiger partial charge in [0.2, 0.25) is 17.7 Å². The Kier molecular flexibility index (Phi) is 10.9. The van der Waals surface area contributed by atoms with Crippen molar-refractivity contribution in [2.45, 2.75) is 57.8 Å². The van der Waals surface area contributed by atoms with E-state index in [9.17, 15) is 22.8 Å².